The third kappa shape index (κ3) is 3.95. The first-order valence-corrected chi connectivity index (χ1v) is 6.26. The molecule has 2 aliphatic rings. The van der Waals surface area contributed by atoms with Gasteiger partial charge in [0.2, 0.25) is 5.91 Å². The Morgan fingerprint density at radius 3 is 2.75 bits per heavy atom. The van der Waals surface area contributed by atoms with Gasteiger partial charge in [0.25, 0.3) is 0 Å². The second-order valence-corrected chi connectivity index (χ2v) is 5.08. The van der Waals surface area contributed by atoms with Crippen LogP contribution in [0.5, 0.6) is 0 Å². The van der Waals surface area contributed by atoms with Crippen LogP contribution in [0.4, 0.5) is 0 Å². The minimum atomic E-state index is 0. The number of carbonyl (C=O) groups is 1. The monoisotopic (exact) mass is 246 g/mol. The third-order valence-corrected chi connectivity index (χ3v) is 3.71. The first-order valence-electron chi connectivity index (χ1n) is 6.26. The number of piperidine rings is 1. The maximum absolute atomic E-state index is 11.7. The van der Waals surface area contributed by atoms with E-state index in [2.05, 4.69) is 17.6 Å². The highest BCUT2D eigenvalue weighted by Gasteiger charge is 2.32. The molecule has 16 heavy (non-hydrogen) atoms. The molecule has 2 unspecified atom stereocenters. The van der Waals surface area contributed by atoms with Gasteiger partial charge in [-0.1, -0.05) is 6.92 Å². The molecular formula is C12H23ClN2O. The lowest BCUT2D eigenvalue weighted by atomic mass is 9.99. The summed E-state index contributed by atoms with van der Waals surface area (Å²) >= 11 is 0. The van der Waals surface area contributed by atoms with Gasteiger partial charge in [0.05, 0.1) is 0 Å². The van der Waals surface area contributed by atoms with Crippen LogP contribution in [0.2, 0.25) is 0 Å². The summed E-state index contributed by atoms with van der Waals surface area (Å²) < 4.78 is 0. The molecule has 0 bridgehead atoms. The highest BCUT2D eigenvalue weighted by Crippen LogP contribution is 2.36. The lowest BCUT2D eigenvalue weighted by molar-refractivity contribution is -0.125. The predicted molar refractivity (Wildman–Crippen MR) is 67.7 cm³/mol. The van der Waals surface area contributed by atoms with Gasteiger partial charge in [-0.05, 0) is 50.6 Å². The number of hydrogen-bond acceptors (Lipinski definition) is 2. The molecule has 2 atom stereocenters. The van der Waals surface area contributed by atoms with Gasteiger partial charge in [0.1, 0.15) is 0 Å². The third-order valence-electron chi connectivity index (χ3n) is 3.71. The fraction of sp³-hybridized carbons (Fsp3) is 0.917. The SMILES string of the molecule is CC(C(=O)NCC1CCCNC1)C1CC1.Cl. The Morgan fingerprint density at radius 1 is 1.44 bits per heavy atom. The molecule has 2 N–H and O–H groups in total. The molecule has 1 heterocycles. The van der Waals surface area contributed by atoms with Gasteiger partial charge in [-0.25, -0.2) is 0 Å². The molecule has 1 aliphatic carbocycles. The van der Waals surface area contributed by atoms with Crippen LogP contribution in [0.15, 0.2) is 0 Å². The van der Waals surface area contributed by atoms with Crippen LogP contribution in [-0.2, 0) is 4.79 Å². The molecule has 94 valence electrons. The van der Waals surface area contributed by atoms with Crippen molar-refractivity contribution in [2.24, 2.45) is 17.8 Å². The van der Waals surface area contributed by atoms with Crippen molar-refractivity contribution < 1.29 is 4.79 Å². The fourth-order valence-corrected chi connectivity index (χ4v) is 2.31. The molecule has 0 aromatic rings. The minimum Gasteiger partial charge on any atom is -0.356 e. The molecule has 0 aromatic heterocycles. The van der Waals surface area contributed by atoms with Crippen LogP contribution >= 0.6 is 12.4 Å². The zero-order chi connectivity index (χ0) is 10.7. The molecule has 2 rings (SSSR count). The van der Waals surface area contributed by atoms with E-state index in [4.69, 9.17) is 0 Å². The maximum Gasteiger partial charge on any atom is 0.223 e. The zero-order valence-electron chi connectivity index (χ0n) is 10.00. The summed E-state index contributed by atoms with van der Waals surface area (Å²) in [6, 6.07) is 0. The Kier molecular flexibility index (Phi) is 5.56. The normalized spacial score (nSPS) is 26.7. The van der Waals surface area contributed by atoms with E-state index in [-0.39, 0.29) is 24.2 Å². The van der Waals surface area contributed by atoms with Crippen LogP contribution < -0.4 is 10.6 Å². The Bertz CT molecular complexity index is 225. The van der Waals surface area contributed by atoms with Crippen LogP contribution in [0.3, 0.4) is 0 Å². The van der Waals surface area contributed by atoms with Crippen molar-refractivity contribution in [3.63, 3.8) is 0 Å². The Hall–Kier alpha value is -0.280. The molecule has 1 amide bonds. The summed E-state index contributed by atoms with van der Waals surface area (Å²) in [6.45, 7) is 5.13. The molecular weight excluding hydrogens is 224 g/mol. The zero-order valence-corrected chi connectivity index (χ0v) is 10.8. The van der Waals surface area contributed by atoms with Crippen molar-refractivity contribution in [1.82, 2.24) is 10.6 Å². The lowest BCUT2D eigenvalue weighted by Gasteiger charge is -2.23. The first-order chi connectivity index (χ1) is 7.27. The Labute approximate surface area is 104 Å². The smallest absolute Gasteiger partial charge is 0.223 e. The van der Waals surface area contributed by atoms with Gasteiger partial charge in [-0.2, -0.15) is 0 Å². The molecule has 4 heteroatoms. The van der Waals surface area contributed by atoms with Crippen molar-refractivity contribution in [1.29, 1.82) is 0 Å². The average Bonchev–Trinajstić information content (AvgIpc) is 3.10. The summed E-state index contributed by atoms with van der Waals surface area (Å²) in [5.74, 6) is 1.83. The van der Waals surface area contributed by atoms with Crippen molar-refractivity contribution in [2.75, 3.05) is 19.6 Å². The number of carbonyl (C=O) groups excluding carboxylic acids is 1. The summed E-state index contributed by atoms with van der Waals surface area (Å²) in [5, 5.41) is 6.47. The van der Waals surface area contributed by atoms with Crippen molar-refractivity contribution in [3.05, 3.63) is 0 Å². The molecule has 0 spiro atoms. The molecule has 1 saturated heterocycles. The van der Waals surface area contributed by atoms with Gasteiger partial charge >= 0.3 is 0 Å². The van der Waals surface area contributed by atoms with E-state index >= 15 is 0 Å². The topological polar surface area (TPSA) is 41.1 Å². The summed E-state index contributed by atoms with van der Waals surface area (Å²) in [6.07, 6.45) is 5.00. The molecule has 3 nitrogen and oxygen atoms in total. The van der Waals surface area contributed by atoms with Crippen molar-refractivity contribution >= 4 is 18.3 Å². The van der Waals surface area contributed by atoms with E-state index < -0.39 is 0 Å². The second-order valence-electron chi connectivity index (χ2n) is 5.08. The molecule has 2 fully saturated rings. The van der Waals surface area contributed by atoms with Gasteiger partial charge in [-0.15, -0.1) is 12.4 Å². The largest absolute Gasteiger partial charge is 0.356 e. The van der Waals surface area contributed by atoms with Crippen LogP contribution in [0.25, 0.3) is 0 Å². The van der Waals surface area contributed by atoms with E-state index in [1.165, 1.54) is 25.7 Å². The van der Waals surface area contributed by atoms with E-state index in [1.807, 2.05) is 0 Å². The van der Waals surface area contributed by atoms with E-state index in [0.717, 1.165) is 19.6 Å². The molecule has 0 aromatic carbocycles. The molecule has 0 radical (unpaired) electrons. The first kappa shape index (κ1) is 13.8. The average molecular weight is 247 g/mol. The Balaban J connectivity index is 0.00000128. The summed E-state index contributed by atoms with van der Waals surface area (Å²) in [5.41, 5.74) is 0. The van der Waals surface area contributed by atoms with Crippen molar-refractivity contribution in [3.8, 4) is 0 Å². The van der Waals surface area contributed by atoms with Gasteiger partial charge < -0.3 is 10.6 Å². The van der Waals surface area contributed by atoms with Crippen molar-refractivity contribution in [2.45, 2.75) is 32.6 Å². The summed E-state index contributed by atoms with van der Waals surface area (Å²) in [4.78, 5) is 11.7. The van der Waals surface area contributed by atoms with Gasteiger partial charge in [-0.3, -0.25) is 4.79 Å². The van der Waals surface area contributed by atoms with E-state index in [9.17, 15) is 4.79 Å². The van der Waals surface area contributed by atoms with Gasteiger partial charge in [0, 0.05) is 12.5 Å². The number of amides is 1. The minimum absolute atomic E-state index is 0. The maximum atomic E-state index is 11.7. The van der Waals surface area contributed by atoms with Crippen LogP contribution in [0, 0.1) is 17.8 Å². The molecule has 1 saturated carbocycles. The molecule has 1 aliphatic heterocycles. The predicted octanol–water partition coefficient (Wildman–Crippen LogP) is 1.57. The fourth-order valence-electron chi connectivity index (χ4n) is 2.31. The van der Waals surface area contributed by atoms with E-state index in [1.54, 1.807) is 0 Å². The summed E-state index contributed by atoms with van der Waals surface area (Å²) in [7, 11) is 0. The van der Waals surface area contributed by atoms with E-state index in [0.29, 0.717) is 11.8 Å². The van der Waals surface area contributed by atoms with Crippen LogP contribution in [0.1, 0.15) is 32.6 Å². The highest BCUT2D eigenvalue weighted by molar-refractivity contribution is 5.85. The number of hydrogen-bond donors (Lipinski definition) is 2. The lowest BCUT2D eigenvalue weighted by Crippen LogP contribution is -2.40. The van der Waals surface area contributed by atoms with Gasteiger partial charge in [0.15, 0.2) is 0 Å². The highest BCUT2D eigenvalue weighted by atomic mass is 35.5. The standard InChI is InChI=1S/C12H22N2O.ClH/c1-9(11-4-5-11)12(15)14-8-10-3-2-6-13-7-10;/h9-11,13H,2-8H2,1H3,(H,14,15);1H. The van der Waals surface area contributed by atoms with Crippen LogP contribution in [-0.4, -0.2) is 25.5 Å². The number of nitrogens with one attached hydrogen (secondary N) is 2. The number of halogens is 1. The Morgan fingerprint density at radius 2 is 2.19 bits per heavy atom. The second kappa shape index (κ2) is 6.45. The number of rotatable bonds is 4. The quantitative estimate of drug-likeness (QED) is 0.791.